The first-order valence-electron chi connectivity index (χ1n) is 7.01. The van der Waals surface area contributed by atoms with Gasteiger partial charge < -0.3 is 16.0 Å². The molecule has 2 heterocycles. The third-order valence-corrected chi connectivity index (χ3v) is 3.61. The van der Waals surface area contributed by atoms with Crippen molar-refractivity contribution in [3.8, 4) is 11.4 Å². The number of anilines is 1. The van der Waals surface area contributed by atoms with Crippen LogP contribution in [0.3, 0.4) is 0 Å². The largest absolute Gasteiger partial charge is 0.368 e. The molecule has 3 rings (SSSR count). The molecule has 4 N–H and O–H groups in total. The second-order valence-electron chi connectivity index (χ2n) is 5.18. The van der Waals surface area contributed by atoms with Crippen LogP contribution in [0.15, 0.2) is 30.3 Å². The Bertz CT molecular complexity index is 839. The maximum atomic E-state index is 11.1. The number of hydrogen-bond acceptors (Lipinski definition) is 4. The fourth-order valence-corrected chi connectivity index (χ4v) is 2.38. The lowest BCUT2D eigenvalue weighted by atomic mass is 10.2. The first kappa shape index (κ1) is 14.1. The van der Waals surface area contributed by atoms with Crippen molar-refractivity contribution in [2.75, 3.05) is 11.9 Å². The Kier molecular flexibility index (Phi) is 3.50. The zero-order valence-electron chi connectivity index (χ0n) is 12.5. The van der Waals surface area contributed by atoms with E-state index in [1.165, 1.54) is 0 Å². The number of nitrogens with zero attached hydrogens (tertiary/aromatic N) is 2. The molecular formula is C16H17N5O. The molecular weight excluding hydrogens is 278 g/mol. The number of nitrogens with one attached hydrogen (secondary N) is 2. The van der Waals surface area contributed by atoms with Gasteiger partial charge in [0.1, 0.15) is 11.5 Å². The predicted octanol–water partition coefficient (Wildman–Crippen LogP) is 2.14. The number of benzene rings is 1. The Morgan fingerprint density at radius 3 is 2.64 bits per heavy atom. The van der Waals surface area contributed by atoms with Gasteiger partial charge in [0, 0.05) is 11.3 Å². The van der Waals surface area contributed by atoms with Crippen LogP contribution in [0, 0.1) is 13.8 Å². The number of amides is 1. The van der Waals surface area contributed by atoms with Crippen LogP contribution in [-0.2, 0) is 4.79 Å². The number of rotatable bonds is 4. The van der Waals surface area contributed by atoms with E-state index in [0.717, 1.165) is 27.9 Å². The van der Waals surface area contributed by atoms with Gasteiger partial charge in [-0.15, -0.1) is 0 Å². The highest BCUT2D eigenvalue weighted by Crippen LogP contribution is 2.28. The minimum atomic E-state index is -0.432. The lowest BCUT2D eigenvalue weighted by Crippen LogP contribution is -2.22. The standard InChI is InChI=1S/C16H17N5O/c1-9-10(2)19-16-13(9)15(18-8-12(17)22)20-14(21-16)11-6-4-3-5-7-11/h3-7H,8H2,1-2H3,(H2,17,22)(H2,18,19,20,21). The van der Waals surface area contributed by atoms with Gasteiger partial charge in [-0.25, -0.2) is 9.97 Å². The molecule has 2 aromatic heterocycles. The van der Waals surface area contributed by atoms with Crippen LogP contribution in [0.1, 0.15) is 11.3 Å². The Hall–Kier alpha value is -2.89. The molecule has 112 valence electrons. The molecule has 3 aromatic rings. The molecule has 0 bridgehead atoms. The molecule has 0 aliphatic carbocycles. The van der Waals surface area contributed by atoms with E-state index in [4.69, 9.17) is 5.73 Å². The van der Waals surface area contributed by atoms with Crippen molar-refractivity contribution in [3.63, 3.8) is 0 Å². The first-order chi connectivity index (χ1) is 10.6. The van der Waals surface area contributed by atoms with Gasteiger partial charge in [0.05, 0.1) is 11.9 Å². The number of primary amides is 1. The van der Waals surface area contributed by atoms with E-state index in [9.17, 15) is 4.79 Å². The highest BCUT2D eigenvalue weighted by atomic mass is 16.1. The molecule has 0 aliphatic heterocycles. The summed E-state index contributed by atoms with van der Waals surface area (Å²) >= 11 is 0. The molecule has 0 saturated carbocycles. The van der Waals surface area contributed by atoms with Crippen molar-refractivity contribution in [1.82, 2.24) is 15.0 Å². The Morgan fingerprint density at radius 2 is 1.95 bits per heavy atom. The van der Waals surface area contributed by atoms with E-state index >= 15 is 0 Å². The van der Waals surface area contributed by atoms with Gasteiger partial charge in [0.25, 0.3) is 0 Å². The normalized spacial score (nSPS) is 10.8. The Labute approximate surface area is 127 Å². The lowest BCUT2D eigenvalue weighted by molar-refractivity contribution is -0.116. The highest BCUT2D eigenvalue weighted by molar-refractivity contribution is 5.94. The molecule has 6 nitrogen and oxygen atoms in total. The van der Waals surface area contributed by atoms with Crippen molar-refractivity contribution in [2.24, 2.45) is 5.73 Å². The number of carbonyl (C=O) groups is 1. The molecule has 1 aromatic carbocycles. The van der Waals surface area contributed by atoms with Crippen molar-refractivity contribution < 1.29 is 4.79 Å². The molecule has 0 atom stereocenters. The van der Waals surface area contributed by atoms with Crippen LogP contribution in [0.4, 0.5) is 5.82 Å². The van der Waals surface area contributed by atoms with E-state index in [1.54, 1.807) is 0 Å². The third kappa shape index (κ3) is 2.50. The fraction of sp³-hybridized carbons (Fsp3) is 0.188. The Balaban J connectivity index is 2.18. The second-order valence-corrected chi connectivity index (χ2v) is 5.18. The topological polar surface area (TPSA) is 96.7 Å². The van der Waals surface area contributed by atoms with Gasteiger partial charge in [-0.3, -0.25) is 4.79 Å². The number of nitrogens with two attached hydrogens (primary N) is 1. The summed E-state index contributed by atoms with van der Waals surface area (Å²) in [7, 11) is 0. The summed E-state index contributed by atoms with van der Waals surface area (Å²) < 4.78 is 0. The molecule has 0 radical (unpaired) electrons. The summed E-state index contributed by atoms with van der Waals surface area (Å²) in [5.41, 5.74) is 8.97. The van der Waals surface area contributed by atoms with Crippen molar-refractivity contribution in [3.05, 3.63) is 41.6 Å². The summed E-state index contributed by atoms with van der Waals surface area (Å²) in [6, 6.07) is 9.70. The number of aromatic amines is 1. The van der Waals surface area contributed by atoms with Gasteiger partial charge in [-0.05, 0) is 19.4 Å². The Morgan fingerprint density at radius 1 is 1.23 bits per heavy atom. The average molecular weight is 295 g/mol. The molecule has 1 amide bonds. The summed E-state index contributed by atoms with van der Waals surface area (Å²) in [5.74, 6) is 0.781. The third-order valence-electron chi connectivity index (χ3n) is 3.61. The van der Waals surface area contributed by atoms with Crippen LogP contribution < -0.4 is 11.1 Å². The predicted molar refractivity (Wildman–Crippen MR) is 86.5 cm³/mol. The SMILES string of the molecule is Cc1[nH]c2nc(-c3ccccc3)nc(NCC(N)=O)c2c1C. The molecule has 0 fully saturated rings. The van der Waals surface area contributed by atoms with E-state index in [1.807, 2.05) is 44.2 Å². The lowest BCUT2D eigenvalue weighted by Gasteiger charge is -2.08. The molecule has 0 saturated heterocycles. The number of aryl methyl sites for hydroxylation is 2. The molecule has 0 unspecified atom stereocenters. The van der Waals surface area contributed by atoms with Crippen LogP contribution in [-0.4, -0.2) is 27.4 Å². The van der Waals surface area contributed by atoms with Gasteiger partial charge in [-0.2, -0.15) is 0 Å². The molecule has 22 heavy (non-hydrogen) atoms. The number of carbonyl (C=O) groups excluding carboxylic acids is 1. The quantitative estimate of drug-likeness (QED) is 0.687. The number of fused-ring (bicyclic) bond motifs is 1. The number of hydrogen-bond donors (Lipinski definition) is 3. The van der Waals surface area contributed by atoms with Crippen molar-refractivity contribution in [1.29, 1.82) is 0 Å². The summed E-state index contributed by atoms with van der Waals surface area (Å²) in [6.07, 6.45) is 0. The first-order valence-corrected chi connectivity index (χ1v) is 7.01. The van der Waals surface area contributed by atoms with Crippen LogP contribution >= 0.6 is 0 Å². The van der Waals surface area contributed by atoms with Crippen molar-refractivity contribution in [2.45, 2.75) is 13.8 Å². The molecule has 6 heteroatoms. The van der Waals surface area contributed by atoms with E-state index in [0.29, 0.717) is 11.6 Å². The molecule has 0 aliphatic rings. The fourth-order valence-electron chi connectivity index (χ4n) is 2.38. The van der Waals surface area contributed by atoms with Crippen LogP contribution in [0.25, 0.3) is 22.4 Å². The summed E-state index contributed by atoms with van der Waals surface area (Å²) in [5, 5.41) is 3.89. The minimum absolute atomic E-state index is 0.0318. The maximum absolute atomic E-state index is 11.1. The van der Waals surface area contributed by atoms with Crippen molar-refractivity contribution >= 4 is 22.8 Å². The average Bonchev–Trinajstić information content (AvgIpc) is 2.80. The number of aromatic nitrogens is 3. The molecule has 0 spiro atoms. The van der Waals surface area contributed by atoms with Gasteiger partial charge in [-0.1, -0.05) is 30.3 Å². The monoisotopic (exact) mass is 295 g/mol. The second kappa shape index (κ2) is 5.48. The van der Waals surface area contributed by atoms with E-state index < -0.39 is 5.91 Å². The summed E-state index contributed by atoms with van der Waals surface area (Å²) in [6.45, 7) is 4.01. The van der Waals surface area contributed by atoms with Gasteiger partial charge in [0.2, 0.25) is 5.91 Å². The zero-order chi connectivity index (χ0) is 15.7. The maximum Gasteiger partial charge on any atom is 0.236 e. The van der Waals surface area contributed by atoms with Gasteiger partial charge >= 0.3 is 0 Å². The van der Waals surface area contributed by atoms with Crippen LogP contribution in [0.2, 0.25) is 0 Å². The zero-order valence-corrected chi connectivity index (χ0v) is 12.5. The highest BCUT2D eigenvalue weighted by Gasteiger charge is 2.15. The van der Waals surface area contributed by atoms with Gasteiger partial charge in [0.15, 0.2) is 5.82 Å². The van der Waals surface area contributed by atoms with E-state index in [2.05, 4.69) is 20.3 Å². The summed E-state index contributed by atoms with van der Waals surface area (Å²) in [4.78, 5) is 23.5. The van der Waals surface area contributed by atoms with E-state index in [-0.39, 0.29) is 6.54 Å². The number of H-pyrrole nitrogens is 1. The smallest absolute Gasteiger partial charge is 0.236 e. The van der Waals surface area contributed by atoms with Crippen LogP contribution in [0.5, 0.6) is 0 Å². The minimum Gasteiger partial charge on any atom is -0.368 e.